The average molecular weight is 713 g/mol. The predicted octanol–water partition coefficient (Wildman–Crippen LogP) is 9.84. The van der Waals surface area contributed by atoms with E-state index in [0.717, 1.165) is 24.3 Å². The second-order valence-corrected chi connectivity index (χ2v) is 14.6. The second-order valence-electron chi connectivity index (χ2n) is 11.2. The van der Waals surface area contributed by atoms with Gasteiger partial charge in [0.1, 0.15) is 0 Å². The average Bonchev–Trinajstić information content (AvgIpc) is 3.10. The third-order valence-electron chi connectivity index (χ3n) is 7.91. The molecule has 0 saturated heterocycles. The van der Waals surface area contributed by atoms with Gasteiger partial charge in [-0.1, -0.05) is 127 Å². The fourth-order valence-corrected chi connectivity index (χ4v) is 8.23. The molecule has 1 aliphatic heterocycles. The van der Waals surface area contributed by atoms with E-state index in [-0.39, 0.29) is 0 Å². The summed E-state index contributed by atoms with van der Waals surface area (Å²) in [4.78, 5) is 3.82. The van der Waals surface area contributed by atoms with Crippen molar-refractivity contribution in [1.29, 1.82) is 0 Å². The van der Waals surface area contributed by atoms with Crippen LogP contribution in [0.25, 0.3) is 37.1 Å². The second kappa shape index (κ2) is 15.6. The van der Waals surface area contributed by atoms with E-state index in [2.05, 4.69) is 146 Å². The van der Waals surface area contributed by atoms with Crippen LogP contribution in [0, 0.1) is 10.2 Å². The number of fused-ring (bicyclic) bond motifs is 2. The van der Waals surface area contributed by atoms with Crippen LogP contribution in [0.4, 0.5) is 0 Å². The molecule has 3 N–H and O–H groups in total. The number of rotatable bonds is 5. The van der Waals surface area contributed by atoms with Gasteiger partial charge in [-0.05, 0) is 83.0 Å². The van der Waals surface area contributed by atoms with Gasteiger partial charge < -0.3 is 0 Å². The first kappa shape index (κ1) is 34.1. The molecule has 0 amide bonds. The van der Waals surface area contributed by atoms with Gasteiger partial charge >= 0.3 is 28.9 Å². The summed E-state index contributed by atoms with van der Waals surface area (Å²) in [6, 6.07) is 40.9. The molecule has 0 radical (unpaired) electrons. The third-order valence-corrected chi connectivity index (χ3v) is 10.7. The molecular weight excluding hydrogens is 679 g/mol. The van der Waals surface area contributed by atoms with Crippen molar-refractivity contribution >= 4 is 61.3 Å². The number of thioether (sulfide) groups is 1. The molecule has 48 heavy (non-hydrogen) atoms. The Morgan fingerprint density at radius 2 is 1.40 bits per heavy atom. The fourth-order valence-electron chi connectivity index (χ4n) is 5.68. The molecule has 1 aromatic heterocycles. The molecule has 0 unspecified atom stereocenters. The molecule has 1 aliphatic carbocycles. The van der Waals surface area contributed by atoms with Gasteiger partial charge in [-0.25, -0.2) is 0 Å². The Labute approximate surface area is 295 Å². The molecule has 4 aromatic carbocycles. The summed E-state index contributed by atoms with van der Waals surface area (Å²) < 4.78 is 31.5. The van der Waals surface area contributed by atoms with Crippen molar-refractivity contribution in [1.82, 2.24) is 0 Å². The van der Waals surface area contributed by atoms with Gasteiger partial charge in [0, 0.05) is 37.9 Å². The Bertz CT molecular complexity index is 2070. The molecule has 0 saturated carbocycles. The zero-order chi connectivity index (χ0) is 33.5. The Kier molecular flexibility index (Phi) is 11.1. The zero-order valence-electron chi connectivity index (χ0n) is 25.8. The predicted molar refractivity (Wildman–Crippen MR) is 197 cm³/mol. The SMILES string of the molecule is ClC1=C(/C=C/c2cc(-c3ccccc3)[s+]c3ccccc23)CCC/C1=C\C=C1/C=C(c2ccccc2)Sc2ccccc21.[O-][Cl+](O)(O)O. The normalized spacial score (nSPS) is 16.9. The molecule has 8 heteroatoms. The molecule has 0 fully saturated rings. The van der Waals surface area contributed by atoms with Crippen LogP contribution in [0.2, 0.25) is 0 Å². The van der Waals surface area contributed by atoms with Crippen molar-refractivity contribution in [3.8, 4) is 10.4 Å². The molecule has 2 aliphatic rings. The molecule has 242 valence electrons. The van der Waals surface area contributed by atoms with Crippen molar-refractivity contribution in [2.24, 2.45) is 0 Å². The minimum atomic E-state index is -4.19. The maximum absolute atomic E-state index is 8.83. The van der Waals surface area contributed by atoms with Crippen molar-refractivity contribution in [2.45, 2.75) is 24.2 Å². The van der Waals surface area contributed by atoms with Crippen LogP contribution in [0.3, 0.4) is 0 Å². The van der Waals surface area contributed by atoms with E-state index in [1.165, 1.54) is 63.7 Å². The number of allylic oxidation sites excluding steroid dienone is 8. The van der Waals surface area contributed by atoms with Crippen molar-refractivity contribution in [3.63, 3.8) is 0 Å². The van der Waals surface area contributed by atoms with Gasteiger partial charge in [-0.2, -0.15) is 0 Å². The topological polar surface area (TPSA) is 83.8 Å². The van der Waals surface area contributed by atoms with Crippen LogP contribution in [0.5, 0.6) is 0 Å². The molecular formula is C40H33Cl2O4S2+. The molecule has 0 bridgehead atoms. The zero-order valence-corrected chi connectivity index (χ0v) is 28.9. The van der Waals surface area contributed by atoms with Crippen molar-refractivity contribution in [3.05, 3.63) is 172 Å². The Hall–Kier alpha value is -3.82. The van der Waals surface area contributed by atoms with Crippen LogP contribution in [0.15, 0.2) is 161 Å². The first-order valence-electron chi connectivity index (χ1n) is 15.3. The fraction of sp³-hybridized carbons (Fsp3) is 0.0750. The molecule has 7 rings (SSSR count). The van der Waals surface area contributed by atoms with Gasteiger partial charge in [0.2, 0.25) is 20.9 Å². The number of benzene rings is 4. The monoisotopic (exact) mass is 711 g/mol. The molecule has 5 aromatic rings. The first-order chi connectivity index (χ1) is 23.2. The third kappa shape index (κ3) is 8.80. The first-order valence-corrected chi connectivity index (χ1v) is 18.7. The summed E-state index contributed by atoms with van der Waals surface area (Å²) in [6.45, 7) is 0. The Morgan fingerprint density at radius 3 is 2.15 bits per heavy atom. The van der Waals surface area contributed by atoms with Gasteiger partial charge in [0.15, 0.2) is 0 Å². The van der Waals surface area contributed by atoms with E-state index >= 15 is 0 Å². The molecule has 4 nitrogen and oxygen atoms in total. The van der Waals surface area contributed by atoms with E-state index in [1.54, 1.807) is 0 Å². The van der Waals surface area contributed by atoms with Crippen LogP contribution in [-0.2, 0) is 0 Å². The quantitative estimate of drug-likeness (QED) is 0.158. The van der Waals surface area contributed by atoms with Crippen LogP contribution >= 0.6 is 34.7 Å². The van der Waals surface area contributed by atoms with Crippen LogP contribution in [0.1, 0.15) is 36.0 Å². The van der Waals surface area contributed by atoms with Gasteiger partial charge in [0.25, 0.3) is 0 Å². The van der Waals surface area contributed by atoms with Crippen molar-refractivity contribution in [2.75, 3.05) is 0 Å². The molecule has 2 heterocycles. The van der Waals surface area contributed by atoms with E-state index < -0.39 is 10.2 Å². The number of halogens is 2. The Morgan fingerprint density at radius 1 is 0.750 bits per heavy atom. The van der Waals surface area contributed by atoms with E-state index in [4.69, 9.17) is 30.2 Å². The van der Waals surface area contributed by atoms with E-state index in [1.807, 2.05) is 23.1 Å². The maximum atomic E-state index is 8.83. The number of hydrogen-bond donors (Lipinski definition) is 3. The van der Waals surface area contributed by atoms with Gasteiger partial charge in [-0.3, -0.25) is 0 Å². The number of hydrogen-bond acceptors (Lipinski definition) is 5. The summed E-state index contributed by atoms with van der Waals surface area (Å²) in [5.74, 6) is 0. The summed E-state index contributed by atoms with van der Waals surface area (Å²) in [7, 11) is -4.19. The van der Waals surface area contributed by atoms with Crippen molar-refractivity contribution < 1.29 is 28.9 Å². The summed E-state index contributed by atoms with van der Waals surface area (Å²) in [5, 5.41) is 2.16. The standard InChI is InChI=1S/C40H30ClS2.ClH3O4/c41-40-30(22-24-32-26-38(28-12-3-1-4-13-28)42-36-20-9-7-18-34(32)36)16-11-17-31(40)23-25-33-27-39(29-14-5-2-6-15-29)43-37-21-10-8-19-35(33)37;2-1(3,4)5/h1-10,12-15,18-27H,11,16-17H2;2-4H/q+1;. The molecule has 0 spiro atoms. The van der Waals surface area contributed by atoms with E-state index in [0.29, 0.717) is 0 Å². The molecule has 0 atom stereocenters. The van der Waals surface area contributed by atoms with E-state index in [9.17, 15) is 0 Å². The van der Waals surface area contributed by atoms with Crippen LogP contribution in [-0.4, -0.2) is 14.0 Å². The van der Waals surface area contributed by atoms with Crippen LogP contribution < -0.4 is 4.66 Å². The minimum absolute atomic E-state index is 0.886. The summed E-state index contributed by atoms with van der Waals surface area (Å²) >= 11 is 10.8. The summed E-state index contributed by atoms with van der Waals surface area (Å²) in [5.41, 5.74) is 8.61. The summed E-state index contributed by atoms with van der Waals surface area (Å²) in [6.07, 6.45) is 14.4. The Balaban J connectivity index is 0.000000749. The van der Waals surface area contributed by atoms with Gasteiger partial charge in [0.05, 0.1) is 0 Å². The van der Waals surface area contributed by atoms with Gasteiger partial charge in [-0.15, -0.1) is 0 Å².